The van der Waals surface area contributed by atoms with E-state index in [1.54, 1.807) is 0 Å². The molecule has 0 saturated carbocycles. The van der Waals surface area contributed by atoms with Gasteiger partial charge in [-0.2, -0.15) is 5.26 Å². The third-order valence-electron chi connectivity index (χ3n) is 3.08. The van der Waals surface area contributed by atoms with Crippen molar-refractivity contribution < 1.29 is 0 Å². The molecule has 0 heterocycles. The standard InChI is InChI=1S/C14H21N3/c1-4-17(5-2)11-10-16(3)14-8-6-13(12-15)7-9-14/h6-9H,4-5,10-11H2,1-3H3. The van der Waals surface area contributed by atoms with E-state index >= 15 is 0 Å². The minimum absolute atomic E-state index is 0.714. The quantitative estimate of drug-likeness (QED) is 0.753. The molecule has 1 aromatic carbocycles. The normalized spacial score (nSPS) is 10.3. The Hall–Kier alpha value is -1.53. The van der Waals surface area contributed by atoms with Crippen LogP contribution in [0.4, 0.5) is 5.69 Å². The number of nitrogens with zero attached hydrogens (tertiary/aromatic N) is 3. The van der Waals surface area contributed by atoms with Crippen molar-refractivity contribution in [2.75, 3.05) is 38.1 Å². The molecule has 3 nitrogen and oxygen atoms in total. The van der Waals surface area contributed by atoms with Crippen LogP contribution in [0.5, 0.6) is 0 Å². The smallest absolute Gasteiger partial charge is 0.0991 e. The van der Waals surface area contributed by atoms with E-state index < -0.39 is 0 Å². The molecule has 17 heavy (non-hydrogen) atoms. The minimum Gasteiger partial charge on any atom is -0.373 e. The van der Waals surface area contributed by atoms with Gasteiger partial charge in [-0.3, -0.25) is 0 Å². The highest BCUT2D eigenvalue weighted by molar-refractivity contribution is 5.48. The molecular formula is C14H21N3. The molecule has 0 atom stereocenters. The van der Waals surface area contributed by atoms with Crippen molar-refractivity contribution in [1.82, 2.24) is 4.90 Å². The summed E-state index contributed by atoms with van der Waals surface area (Å²) in [4.78, 5) is 4.62. The van der Waals surface area contributed by atoms with Crippen molar-refractivity contribution in [2.45, 2.75) is 13.8 Å². The Morgan fingerprint density at radius 1 is 1.06 bits per heavy atom. The minimum atomic E-state index is 0.714. The molecule has 0 aliphatic heterocycles. The van der Waals surface area contributed by atoms with Crippen LogP contribution in [0, 0.1) is 11.3 Å². The molecule has 0 aliphatic rings. The Morgan fingerprint density at radius 3 is 2.12 bits per heavy atom. The Labute approximate surface area is 104 Å². The number of rotatable bonds is 6. The first kappa shape index (κ1) is 13.5. The Balaban J connectivity index is 2.52. The average molecular weight is 231 g/mol. The summed E-state index contributed by atoms with van der Waals surface area (Å²) in [6, 6.07) is 9.87. The molecule has 0 aromatic heterocycles. The molecule has 1 rings (SSSR count). The number of hydrogen-bond acceptors (Lipinski definition) is 3. The van der Waals surface area contributed by atoms with Crippen LogP contribution in [-0.2, 0) is 0 Å². The summed E-state index contributed by atoms with van der Waals surface area (Å²) in [6.07, 6.45) is 0. The lowest BCUT2D eigenvalue weighted by Gasteiger charge is -2.24. The maximum absolute atomic E-state index is 8.74. The molecule has 3 heteroatoms. The van der Waals surface area contributed by atoms with Gasteiger partial charge in [-0.1, -0.05) is 13.8 Å². The summed E-state index contributed by atoms with van der Waals surface area (Å²) in [6.45, 7) is 8.64. The zero-order chi connectivity index (χ0) is 12.7. The Bertz CT molecular complexity index is 360. The second-order valence-electron chi connectivity index (χ2n) is 4.11. The van der Waals surface area contributed by atoms with E-state index in [1.807, 2.05) is 24.3 Å². The van der Waals surface area contributed by atoms with Crippen molar-refractivity contribution in [3.05, 3.63) is 29.8 Å². The number of hydrogen-bond donors (Lipinski definition) is 0. The van der Waals surface area contributed by atoms with Gasteiger partial charge in [-0.05, 0) is 37.4 Å². The van der Waals surface area contributed by atoms with E-state index in [9.17, 15) is 0 Å². The lowest BCUT2D eigenvalue weighted by molar-refractivity contribution is 0.311. The van der Waals surface area contributed by atoms with E-state index in [0.717, 1.165) is 31.9 Å². The predicted octanol–water partition coefficient (Wildman–Crippen LogP) is 2.34. The third kappa shape index (κ3) is 4.08. The van der Waals surface area contributed by atoms with Crippen LogP contribution in [-0.4, -0.2) is 38.1 Å². The van der Waals surface area contributed by atoms with Gasteiger partial charge in [0.15, 0.2) is 0 Å². The highest BCUT2D eigenvalue weighted by Crippen LogP contribution is 2.13. The van der Waals surface area contributed by atoms with Gasteiger partial charge in [-0.25, -0.2) is 0 Å². The van der Waals surface area contributed by atoms with Crippen LogP contribution in [0.1, 0.15) is 19.4 Å². The first-order valence-corrected chi connectivity index (χ1v) is 6.14. The predicted molar refractivity (Wildman–Crippen MR) is 72.2 cm³/mol. The molecule has 0 spiro atoms. The van der Waals surface area contributed by atoms with E-state index in [-0.39, 0.29) is 0 Å². The first-order valence-electron chi connectivity index (χ1n) is 6.14. The molecule has 0 amide bonds. The van der Waals surface area contributed by atoms with Crippen LogP contribution in [0.2, 0.25) is 0 Å². The van der Waals surface area contributed by atoms with Crippen LogP contribution in [0.15, 0.2) is 24.3 Å². The van der Waals surface area contributed by atoms with Crippen molar-refractivity contribution >= 4 is 5.69 Å². The van der Waals surface area contributed by atoms with E-state index in [1.165, 1.54) is 0 Å². The maximum atomic E-state index is 8.74. The monoisotopic (exact) mass is 231 g/mol. The van der Waals surface area contributed by atoms with Gasteiger partial charge in [0.05, 0.1) is 11.6 Å². The summed E-state index contributed by atoms with van der Waals surface area (Å²) < 4.78 is 0. The van der Waals surface area contributed by atoms with Gasteiger partial charge in [-0.15, -0.1) is 0 Å². The first-order chi connectivity index (χ1) is 8.21. The van der Waals surface area contributed by atoms with Gasteiger partial charge in [0, 0.05) is 25.8 Å². The van der Waals surface area contributed by atoms with Gasteiger partial charge in [0.2, 0.25) is 0 Å². The van der Waals surface area contributed by atoms with Crippen LogP contribution in [0.25, 0.3) is 0 Å². The van der Waals surface area contributed by atoms with Gasteiger partial charge in [0.25, 0.3) is 0 Å². The van der Waals surface area contributed by atoms with Gasteiger partial charge >= 0.3 is 0 Å². The Morgan fingerprint density at radius 2 is 1.65 bits per heavy atom. The second-order valence-corrected chi connectivity index (χ2v) is 4.11. The summed E-state index contributed by atoms with van der Waals surface area (Å²) in [5.74, 6) is 0. The molecule has 1 aromatic rings. The zero-order valence-corrected chi connectivity index (χ0v) is 11.0. The van der Waals surface area contributed by atoms with Crippen molar-refractivity contribution in [1.29, 1.82) is 5.26 Å². The lowest BCUT2D eigenvalue weighted by atomic mass is 10.2. The molecule has 0 aliphatic carbocycles. The number of nitriles is 1. The third-order valence-corrected chi connectivity index (χ3v) is 3.08. The maximum Gasteiger partial charge on any atom is 0.0991 e. The fourth-order valence-corrected chi connectivity index (χ4v) is 1.75. The molecule has 0 fully saturated rings. The van der Waals surface area contributed by atoms with Crippen molar-refractivity contribution in [3.8, 4) is 6.07 Å². The van der Waals surface area contributed by atoms with Crippen LogP contribution < -0.4 is 4.90 Å². The van der Waals surface area contributed by atoms with Gasteiger partial charge < -0.3 is 9.80 Å². The molecular weight excluding hydrogens is 210 g/mol. The lowest BCUT2D eigenvalue weighted by Crippen LogP contribution is -2.33. The van der Waals surface area contributed by atoms with Gasteiger partial charge in [0.1, 0.15) is 0 Å². The molecule has 0 saturated heterocycles. The fourth-order valence-electron chi connectivity index (χ4n) is 1.75. The van der Waals surface area contributed by atoms with Crippen molar-refractivity contribution in [3.63, 3.8) is 0 Å². The molecule has 0 bridgehead atoms. The Kier molecular flexibility index (Phi) is 5.51. The van der Waals surface area contributed by atoms with Crippen LogP contribution >= 0.6 is 0 Å². The summed E-state index contributed by atoms with van der Waals surface area (Å²) in [5, 5.41) is 8.74. The largest absolute Gasteiger partial charge is 0.373 e. The topological polar surface area (TPSA) is 30.3 Å². The second kappa shape index (κ2) is 6.93. The van der Waals surface area contributed by atoms with E-state index in [0.29, 0.717) is 5.56 Å². The highest BCUT2D eigenvalue weighted by Gasteiger charge is 2.03. The van der Waals surface area contributed by atoms with E-state index in [2.05, 4.69) is 36.8 Å². The summed E-state index contributed by atoms with van der Waals surface area (Å²) in [5.41, 5.74) is 1.88. The summed E-state index contributed by atoms with van der Waals surface area (Å²) >= 11 is 0. The van der Waals surface area contributed by atoms with Crippen molar-refractivity contribution in [2.24, 2.45) is 0 Å². The number of benzene rings is 1. The fraction of sp³-hybridized carbons (Fsp3) is 0.500. The SMILES string of the molecule is CCN(CC)CCN(C)c1ccc(C#N)cc1. The number of anilines is 1. The van der Waals surface area contributed by atoms with E-state index in [4.69, 9.17) is 5.26 Å². The average Bonchev–Trinajstić information content (AvgIpc) is 2.39. The van der Waals surface area contributed by atoms with Crippen LogP contribution in [0.3, 0.4) is 0 Å². The number of likely N-dealkylation sites (N-methyl/N-ethyl adjacent to an activating group) is 2. The zero-order valence-electron chi connectivity index (χ0n) is 11.0. The molecule has 0 N–H and O–H groups in total. The highest BCUT2D eigenvalue weighted by atomic mass is 15.2. The summed E-state index contributed by atoms with van der Waals surface area (Å²) in [7, 11) is 2.09. The molecule has 0 radical (unpaired) electrons. The molecule has 92 valence electrons. The molecule has 0 unspecified atom stereocenters.